The van der Waals surface area contributed by atoms with Gasteiger partial charge in [0.2, 0.25) is 5.91 Å². The number of nitrogens with one attached hydrogen (secondary N) is 2. The number of hydrazine groups is 1. The zero-order chi connectivity index (χ0) is 23.4. The van der Waals surface area contributed by atoms with E-state index >= 15 is 0 Å². The fourth-order valence-electron chi connectivity index (χ4n) is 2.84. The first-order valence-corrected chi connectivity index (χ1v) is 10.6. The van der Waals surface area contributed by atoms with E-state index in [2.05, 4.69) is 10.7 Å². The van der Waals surface area contributed by atoms with Gasteiger partial charge in [-0.2, -0.15) is 0 Å². The lowest BCUT2D eigenvalue weighted by molar-refractivity contribution is -0.151. The number of amides is 3. The number of hydrogen-bond donors (Lipinski definition) is 2. The van der Waals surface area contributed by atoms with Crippen molar-refractivity contribution in [3.8, 4) is 0 Å². The van der Waals surface area contributed by atoms with Gasteiger partial charge in [-0.25, -0.2) is 0 Å². The van der Waals surface area contributed by atoms with Gasteiger partial charge >= 0.3 is 5.97 Å². The van der Waals surface area contributed by atoms with Crippen LogP contribution in [0, 0.1) is 5.92 Å². The second-order valence-electron chi connectivity index (χ2n) is 6.73. The van der Waals surface area contributed by atoms with Crippen LogP contribution in [0.5, 0.6) is 0 Å². The third-order valence-electron chi connectivity index (χ3n) is 4.45. The van der Waals surface area contributed by atoms with Crippen LogP contribution in [0.3, 0.4) is 0 Å². The predicted octanol–water partition coefficient (Wildman–Crippen LogP) is 3.98. The summed E-state index contributed by atoms with van der Waals surface area (Å²) in [6, 6.07) is 8.95. The van der Waals surface area contributed by atoms with Gasteiger partial charge in [0.05, 0.1) is 38.2 Å². The van der Waals surface area contributed by atoms with Gasteiger partial charge in [-0.1, -0.05) is 52.5 Å². The molecule has 168 valence electrons. The van der Waals surface area contributed by atoms with Crippen LogP contribution in [0.2, 0.25) is 20.1 Å². The Morgan fingerprint density at radius 2 is 1.78 bits per heavy atom. The molecular weight excluding hydrogens is 504 g/mol. The molecule has 0 bridgehead atoms. The SMILES string of the molecule is O=C(COC(=O)[C@@H]1CC(=O)N(NC(=O)c2ccc(Cl)c(Cl)c2)C1)Nc1cccc(Cl)c1Cl. The Bertz CT molecular complexity index is 1090. The van der Waals surface area contributed by atoms with Crippen LogP contribution < -0.4 is 10.7 Å². The van der Waals surface area contributed by atoms with Crippen molar-refractivity contribution >= 4 is 75.8 Å². The second kappa shape index (κ2) is 10.4. The third-order valence-corrected chi connectivity index (χ3v) is 6.01. The molecule has 0 unspecified atom stereocenters. The molecule has 1 aliphatic rings. The van der Waals surface area contributed by atoms with Crippen molar-refractivity contribution < 1.29 is 23.9 Å². The van der Waals surface area contributed by atoms with Crippen molar-refractivity contribution in [3.63, 3.8) is 0 Å². The van der Waals surface area contributed by atoms with Gasteiger partial charge in [0.25, 0.3) is 11.8 Å². The molecule has 1 fully saturated rings. The lowest BCUT2D eigenvalue weighted by Gasteiger charge is -2.17. The smallest absolute Gasteiger partial charge is 0.311 e. The van der Waals surface area contributed by atoms with Crippen LogP contribution in [0.15, 0.2) is 36.4 Å². The second-order valence-corrected chi connectivity index (χ2v) is 8.33. The van der Waals surface area contributed by atoms with Crippen LogP contribution >= 0.6 is 46.4 Å². The quantitative estimate of drug-likeness (QED) is 0.563. The molecule has 2 aromatic carbocycles. The lowest BCUT2D eigenvalue weighted by Crippen LogP contribution is -2.43. The van der Waals surface area contributed by atoms with Crippen molar-refractivity contribution in [1.29, 1.82) is 0 Å². The normalized spacial score (nSPS) is 15.4. The summed E-state index contributed by atoms with van der Waals surface area (Å²) in [6.07, 6.45) is -0.178. The van der Waals surface area contributed by atoms with Gasteiger partial charge in [-0.15, -0.1) is 0 Å². The number of benzene rings is 2. The molecule has 1 saturated heterocycles. The minimum atomic E-state index is -0.848. The summed E-state index contributed by atoms with van der Waals surface area (Å²) in [7, 11) is 0. The average Bonchev–Trinajstić information content (AvgIpc) is 3.12. The highest BCUT2D eigenvalue weighted by Crippen LogP contribution is 2.29. The van der Waals surface area contributed by atoms with E-state index in [0.717, 1.165) is 5.01 Å². The van der Waals surface area contributed by atoms with E-state index in [-0.39, 0.29) is 44.3 Å². The number of carbonyl (C=O) groups excluding carboxylic acids is 4. The minimum absolute atomic E-state index is 0.105. The van der Waals surface area contributed by atoms with Gasteiger partial charge in [0.1, 0.15) is 0 Å². The fourth-order valence-corrected chi connectivity index (χ4v) is 3.49. The van der Waals surface area contributed by atoms with Crippen LogP contribution in [0.25, 0.3) is 0 Å². The first kappa shape index (κ1) is 24.1. The van der Waals surface area contributed by atoms with Gasteiger partial charge in [0, 0.05) is 12.0 Å². The average molecular weight is 519 g/mol. The zero-order valence-corrected chi connectivity index (χ0v) is 19.2. The Morgan fingerprint density at radius 3 is 2.50 bits per heavy atom. The molecule has 32 heavy (non-hydrogen) atoms. The van der Waals surface area contributed by atoms with Gasteiger partial charge < -0.3 is 10.1 Å². The highest BCUT2D eigenvalue weighted by Gasteiger charge is 2.36. The summed E-state index contributed by atoms with van der Waals surface area (Å²) < 4.78 is 4.99. The molecule has 0 aromatic heterocycles. The molecule has 1 atom stereocenters. The lowest BCUT2D eigenvalue weighted by atomic mass is 10.1. The van der Waals surface area contributed by atoms with E-state index in [0.29, 0.717) is 0 Å². The number of carbonyl (C=O) groups is 4. The van der Waals surface area contributed by atoms with Crippen molar-refractivity contribution in [2.75, 3.05) is 18.5 Å². The fraction of sp³-hybridized carbons (Fsp3) is 0.200. The molecule has 1 aliphatic heterocycles. The first-order valence-electron chi connectivity index (χ1n) is 9.12. The summed E-state index contributed by atoms with van der Waals surface area (Å²) in [4.78, 5) is 48.8. The number of esters is 1. The molecule has 1 heterocycles. The number of ether oxygens (including phenoxy) is 1. The number of hydrogen-bond acceptors (Lipinski definition) is 5. The standard InChI is InChI=1S/C20H15Cl4N3O5/c21-12-5-4-10(6-14(12)23)19(30)26-27-8-11(7-17(27)29)20(31)32-9-16(28)25-15-3-1-2-13(22)18(15)24/h1-6,11H,7-9H2,(H,25,28)(H,26,30)/t11-/m1/s1. The highest BCUT2D eigenvalue weighted by atomic mass is 35.5. The molecule has 0 spiro atoms. The van der Waals surface area contributed by atoms with E-state index in [1.54, 1.807) is 12.1 Å². The van der Waals surface area contributed by atoms with Crippen LogP contribution in [-0.2, 0) is 19.1 Å². The van der Waals surface area contributed by atoms with Crippen molar-refractivity contribution in [3.05, 3.63) is 62.1 Å². The Morgan fingerprint density at radius 1 is 1.03 bits per heavy atom. The van der Waals surface area contributed by atoms with E-state index < -0.39 is 36.2 Å². The molecule has 8 nitrogen and oxygen atoms in total. The topological polar surface area (TPSA) is 105 Å². The molecule has 3 amide bonds. The third kappa shape index (κ3) is 5.83. The summed E-state index contributed by atoms with van der Waals surface area (Å²) in [5.74, 6) is -3.30. The van der Waals surface area contributed by atoms with Crippen molar-refractivity contribution in [2.24, 2.45) is 5.92 Å². The molecule has 0 radical (unpaired) electrons. The minimum Gasteiger partial charge on any atom is -0.455 e. The van der Waals surface area contributed by atoms with Crippen LogP contribution in [0.1, 0.15) is 16.8 Å². The Balaban J connectivity index is 1.51. The molecule has 3 rings (SSSR count). The van der Waals surface area contributed by atoms with Crippen LogP contribution in [-0.4, -0.2) is 41.9 Å². The largest absolute Gasteiger partial charge is 0.455 e. The van der Waals surface area contributed by atoms with Crippen molar-refractivity contribution in [2.45, 2.75) is 6.42 Å². The maximum atomic E-state index is 12.3. The van der Waals surface area contributed by atoms with Crippen LogP contribution in [0.4, 0.5) is 5.69 Å². The summed E-state index contributed by atoms with van der Waals surface area (Å²) in [5, 5.41) is 4.38. The predicted molar refractivity (Wildman–Crippen MR) is 120 cm³/mol. The van der Waals surface area contributed by atoms with Crippen molar-refractivity contribution in [1.82, 2.24) is 10.4 Å². The zero-order valence-electron chi connectivity index (χ0n) is 16.2. The number of anilines is 1. The number of halogens is 4. The molecular formula is C20H15Cl4N3O5. The summed E-state index contributed by atoms with van der Waals surface area (Å²) in [6.45, 7) is -0.686. The Kier molecular flexibility index (Phi) is 7.84. The molecule has 12 heteroatoms. The monoisotopic (exact) mass is 517 g/mol. The Hall–Kier alpha value is -2.52. The van der Waals surface area contributed by atoms with E-state index in [1.807, 2.05) is 0 Å². The maximum absolute atomic E-state index is 12.3. The summed E-state index contributed by atoms with van der Waals surface area (Å²) >= 11 is 23.6. The summed E-state index contributed by atoms with van der Waals surface area (Å²) in [5.41, 5.74) is 2.87. The molecule has 0 saturated carbocycles. The van der Waals surface area contributed by atoms with E-state index in [4.69, 9.17) is 51.1 Å². The molecule has 0 aliphatic carbocycles. The van der Waals surface area contributed by atoms with Gasteiger partial charge in [-0.05, 0) is 30.3 Å². The van der Waals surface area contributed by atoms with E-state index in [1.165, 1.54) is 24.3 Å². The number of nitrogens with zero attached hydrogens (tertiary/aromatic N) is 1. The first-order chi connectivity index (χ1) is 15.2. The Labute approximate surface area is 202 Å². The van der Waals surface area contributed by atoms with Gasteiger partial charge in [0.15, 0.2) is 6.61 Å². The highest BCUT2D eigenvalue weighted by molar-refractivity contribution is 6.44. The number of rotatable bonds is 6. The van der Waals surface area contributed by atoms with Gasteiger partial charge in [-0.3, -0.25) is 29.6 Å². The molecule has 2 aromatic rings. The van der Waals surface area contributed by atoms with E-state index in [9.17, 15) is 19.2 Å². The molecule has 2 N–H and O–H groups in total. The maximum Gasteiger partial charge on any atom is 0.311 e.